The molecule has 1 aromatic carbocycles. The van der Waals surface area contributed by atoms with Crippen LogP contribution < -0.4 is 0 Å². The molecule has 2 rings (SSSR count). The Labute approximate surface area is 134 Å². The van der Waals surface area contributed by atoms with Crippen molar-refractivity contribution in [3.63, 3.8) is 0 Å². The molecule has 0 radical (unpaired) electrons. The van der Waals surface area contributed by atoms with Crippen LogP contribution in [0, 0.1) is 5.92 Å². The van der Waals surface area contributed by atoms with Crippen LogP contribution in [-0.4, -0.2) is 44.7 Å². The maximum atomic E-state index is 12.7. The lowest BCUT2D eigenvalue weighted by molar-refractivity contribution is -0.870. The fourth-order valence-corrected chi connectivity index (χ4v) is 3.24. The summed E-state index contributed by atoms with van der Waals surface area (Å²) < 4.78 is 6.45. The van der Waals surface area contributed by atoms with Crippen molar-refractivity contribution in [2.24, 2.45) is 5.92 Å². The summed E-state index contributed by atoms with van der Waals surface area (Å²) in [7, 11) is 6.34. The summed E-state index contributed by atoms with van der Waals surface area (Å²) >= 11 is 0. The van der Waals surface area contributed by atoms with Crippen LogP contribution in [0.4, 0.5) is 0 Å². The van der Waals surface area contributed by atoms with Gasteiger partial charge >= 0.3 is 5.97 Å². The smallest absolute Gasteiger partial charge is 0.313 e. The van der Waals surface area contributed by atoms with Gasteiger partial charge in [0.25, 0.3) is 0 Å². The molecule has 3 nitrogen and oxygen atoms in total. The van der Waals surface area contributed by atoms with Gasteiger partial charge in [0.05, 0.1) is 27.1 Å². The Balaban J connectivity index is 2.05. The fourth-order valence-electron chi connectivity index (χ4n) is 3.24. The quantitative estimate of drug-likeness (QED) is 0.593. The van der Waals surface area contributed by atoms with Crippen molar-refractivity contribution in [3.05, 3.63) is 35.9 Å². The molecule has 1 aromatic rings. The Bertz CT molecular complexity index is 458. The first kappa shape index (κ1) is 17.0. The van der Waals surface area contributed by atoms with E-state index in [2.05, 4.69) is 33.3 Å². The van der Waals surface area contributed by atoms with Crippen molar-refractivity contribution in [1.82, 2.24) is 0 Å². The predicted octanol–water partition coefficient (Wildman–Crippen LogP) is 3.60. The minimum absolute atomic E-state index is 0.0356. The molecule has 0 aromatic heterocycles. The number of rotatable bonds is 6. The number of esters is 1. The molecule has 1 unspecified atom stereocenters. The molecule has 0 heterocycles. The summed E-state index contributed by atoms with van der Waals surface area (Å²) in [5.74, 6) is 0.313. The third kappa shape index (κ3) is 5.13. The van der Waals surface area contributed by atoms with E-state index in [-0.39, 0.29) is 11.9 Å². The second kappa shape index (κ2) is 7.77. The summed E-state index contributed by atoms with van der Waals surface area (Å²) in [6.07, 6.45) is 6.06. The van der Waals surface area contributed by atoms with Gasteiger partial charge in [-0.15, -0.1) is 0 Å². The van der Waals surface area contributed by atoms with E-state index in [1.54, 1.807) is 0 Å². The van der Waals surface area contributed by atoms with Gasteiger partial charge in [-0.1, -0.05) is 49.6 Å². The van der Waals surface area contributed by atoms with Crippen molar-refractivity contribution >= 4 is 5.97 Å². The molecular weight excluding hydrogens is 274 g/mol. The van der Waals surface area contributed by atoms with Crippen molar-refractivity contribution in [2.75, 3.05) is 34.3 Å². The molecule has 3 heteroatoms. The van der Waals surface area contributed by atoms with Crippen molar-refractivity contribution in [2.45, 2.75) is 38.0 Å². The zero-order valence-electron chi connectivity index (χ0n) is 14.3. The summed E-state index contributed by atoms with van der Waals surface area (Å²) in [6.45, 7) is 1.34. The van der Waals surface area contributed by atoms with Crippen molar-refractivity contribution in [1.29, 1.82) is 0 Å². The normalized spacial score (nSPS) is 18.0. The van der Waals surface area contributed by atoms with Crippen LogP contribution in [0.3, 0.4) is 0 Å². The van der Waals surface area contributed by atoms with Crippen LogP contribution in [0.2, 0.25) is 0 Å². The highest BCUT2D eigenvalue weighted by molar-refractivity contribution is 5.78. The van der Waals surface area contributed by atoms with Gasteiger partial charge in [0.2, 0.25) is 0 Å². The van der Waals surface area contributed by atoms with E-state index in [9.17, 15) is 4.79 Å². The van der Waals surface area contributed by atoms with Crippen molar-refractivity contribution < 1.29 is 14.0 Å². The van der Waals surface area contributed by atoms with E-state index in [0.29, 0.717) is 12.5 Å². The molecule has 1 aliphatic carbocycles. The number of carbonyl (C=O) groups excluding carboxylic acids is 1. The zero-order chi connectivity index (χ0) is 16.0. The van der Waals surface area contributed by atoms with Crippen LogP contribution >= 0.6 is 0 Å². The molecule has 122 valence electrons. The molecule has 1 fully saturated rings. The molecule has 22 heavy (non-hydrogen) atoms. The number of carbonyl (C=O) groups is 1. The number of quaternary nitrogens is 1. The molecule has 0 aliphatic heterocycles. The highest BCUT2D eigenvalue weighted by Crippen LogP contribution is 2.36. The minimum atomic E-state index is -0.0889. The summed E-state index contributed by atoms with van der Waals surface area (Å²) in [5.41, 5.74) is 1.12. The first-order valence-corrected chi connectivity index (χ1v) is 8.49. The molecule has 0 spiro atoms. The van der Waals surface area contributed by atoms with E-state index in [1.165, 1.54) is 19.3 Å². The first-order valence-electron chi connectivity index (χ1n) is 8.49. The van der Waals surface area contributed by atoms with Gasteiger partial charge in [-0.25, -0.2) is 0 Å². The van der Waals surface area contributed by atoms with E-state index < -0.39 is 0 Å². The van der Waals surface area contributed by atoms with Gasteiger partial charge in [-0.3, -0.25) is 4.79 Å². The second-order valence-electron chi connectivity index (χ2n) is 7.47. The number of benzene rings is 1. The number of ether oxygens (including phenoxy) is 1. The SMILES string of the molecule is C[N+](C)(C)CCOC(=O)C(c1ccccc1)C1CCCCC1. The maximum absolute atomic E-state index is 12.7. The lowest BCUT2D eigenvalue weighted by Crippen LogP contribution is -2.38. The Morgan fingerprint density at radius 3 is 2.36 bits per heavy atom. The monoisotopic (exact) mass is 304 g/mol. The van der Waals surface area contributed by atoms with Gasteiger partial charge in [0.15, 0.2) is 0 Å². The summed E-state index contributed by atoms with van der Waals surface area (Å²) in [4.78, 5) is 12.7. The van der Waals surface area contributed by atoms with E-state index >= 15 is 0 Å². The molecule has 1 aliphatic rings. The lowest BCUT2D eigenvalue weighted by Gasteiger charge is -2.30. The van der Waals surface area contributed by atoms with Crippen LogP contribution in [0.15, 0.2) is 30.3 Å². The predicted molar refractivity (Wildman–Crippen MR) is 89.6 cm³/mol. The molecule has 0 saturated heterocycles. The standard InChI is InChI=1S/C19H30NO2/c1-20(2,3)14-15-22-19(21)18(16-10-6-4-7-11-16)17-12-8-5-9-13-17/h4,6-7,10-11,17-18H,5,8-9,12-15H2,1-3H3/q+1. The zero-order valence-corrected chi connectivity index (χ0v) is 14.3. The second-order valence-corrected chi connectivity index (χ2v) is 7.47. The van der Waals surface area contributed by atoms with Crippen LogP contribution in [0.5, 0.6) is 0 Å². The Morgan fingerprint density at radius 1 is 1.14 bits per heavy atom. The first-order chi connectivity index (χ1) is 10.5. The van der Waals surface area contributed by atoms with Crippen LogP contribution in [-0.2, 0) is 9.53 Å². The van der Waals surface area contributed by atoms with Gasteiger partial charge in [-0.2, -0.15) is 0 Å². The van der Waals surface area contributed by atoms with Gasteiger partial charge in [-0.05, 0) is 24.3 Å². The topological polar surface area (TPSA) is 26.3 Å². The molecule has 0 amide bonds. The summed E-state index contributed by atoms with van der Waals surface area (Å²) in [6, 6.07) is 10.2. The number of likely N-dealkylation sites (N-methyl/N-ethyl adjacent to an activating group) is 1. The van der Waals surface area contributed by atoms with Gasteiger partial charge in [0.1, 0.15) is 13.2 Å². The molecule has 0 N–H and O–H groups in total. The van der Waals surface area contributed by atoms with Gasteiger partial charge in [0, 0.05) is 0 Å². The fraction of sp³-hybridized carbons (Fsp3) is 0.632. The van der Waals surface area contributed by atoms with E-state index in [4.69, 9.17) is 4.74 Å². The van der Waals surface area contributed by atoms with E-state index in [0.717, 1.165) is 29.4 Å². The van der Waals surface area contributed by atoms with E-state index in [1.807, 2.05) is 18.2 Å². The van der Waals surface area contributed by atoms with Crippen LogP contribution in [0.1, 0.15) is 43.6 Å². The Kier molecular flexibility index (Phi) is 6.01. The number of nitrogens with zero attached hydrogens (tertiary/aromatic N) is 1. The molecule has 0 bridgehead atoms. The Hall–Kier alpha value is -1.35. The summed E-state index contributed by atoms with van der Waals surface area (Å²) in [5, 5.41) is 0. The van der Waals surface area contributed by atoms with Crippen LogP contribution in [0.25, 0.3) is 0 Å². The van der Waals surface area contributed by atoms with Gasteiger partial charge < -0.3 is 9.22 Å². The largest absolute Gasteiger partial charge is 0.459 e. The average molecular weight is 304 g/mol. The molecular formula is C19H30NO2+. The number of hydrogen-bond donors (Lipinski definition) is 0. The number of hydrogen-bond acceptors (Lipinski definition) is 2. The molecule has 1 atom stereocenters. The maximum Gasteiger partial charge on any atom is 0.313 e. The average Bonchev–Trinajstić information content (AvgIpc) is 2.48. The third-order valence-corrected chi connectivity index (χ3v) is 4.54. The highest BCUT2D eigenvalue weighted by atomic mass is 16.5. The highest BCUT2D eigenvalue weighted by Gasteiger charge is 2.32. The van der Waals surface area contributed by atoms with Crippen molar-refractivity contribution in [3.8, 4) is 0 Å². The minimum Gasteiger partial charge on any atom is -0.459 e. The molecule has 1 saturated carbocycles. The third-order valence-electron chi connectivity index (χ3n) is 4.54. The lowest BCUT2D eigenvalue weighted by atomic mass is 9.77. The Morgan fingerprint density at radius 2 is 1.77 bits per heavy atom.